The Morgan fingerprint density at radius 3 is 2.23 bits per heavy atom. The van der Waals surface area contributed by atoms with Crippen LogP contribution in [0.2, 0.25) is 0 Å². The fourth-order valence-corrected chi connectivity index (χ4v) is 4.27. The lowest BCUT2D eigenvalue weighted by atomic mass is 9.96. The van der Waals surface area contributed by atoms with Crippen molar-refractivity contribution in [2.24, 2.45) is 0 Å². The Kier molecular flexibility index (Phi) is 5.99. The van der Waals surface area contributed by atoms with E-state index in [0.29, 0.717) is 49.5 Å². The normalized spacial score (nSPS) is 13.8. The van der Waals surface area contributed by atoms with Crippen molar-refractivity contribution >= 4 is 33.0 Å². The van der Waals surface area contributed by atoms with Crippen LogP contribution in [0, 0.1) is 13.8 Å². The largest absolute Gasteiger partial charge is 0.506 e. The molecule has 0 fully saturated rings. The molecule has 1 N–H and O–H groups in total. The molecule has 2 aromatic rings. The first-order valence-corrected chi connectivity index (χ1v) is 10.4. The molecule has 0 amide bonds. The third kappa shape index (κ3) is 3.29. The number of benzene rings is 2. The van der Waals surface area contributed by atoms with Crippen molar-refractivity contribution in [1.29, 1.82) is 0 Å². The zero-order valence-electron chi connectivity index (χ0n) is 18.2. The van der Waals surface area contributed by atoms with E-state index in [-0.39, 0.29) is 11.5 Å². The van der Waals surface area contributed by atoms with Crippen LogP contribution in [0.15, 0.2) is 22.7 Å². The zero-order valence-corrected chi connectivity index (χ0v) is 19.8. The van der Waals surface area contributed by atoms with Crippen LogP contribution in [0.5, 0.6) is 28.7 Å². The van der Waals surface area contributed by atoms with Crippen LogP contribution in [-0.4, -0.2) is 18.2 Å². The topological polar surface area (TPSA) is 65.0 Å². The minimum Gasteiger partial charge on any atom is -0.506 e. The van der Waals surface area contributed by atoms with Gasteiger partial charge in [0, 0.05) is 16.7 Å². The molecule has 1 aliphatic rings. The van der Waals surface area contributed by atoms with Crippen LogP contribution in [0.25, 0.3) is 11.1 Å². The number of aromatic hydroxyl groups is 1. The summed E-state index contributed by atoms with van der Waals surface area (Å²) >= 11 is 3.48. The molecule has 30 heavy (non-hydrogen) atoms. The van der Waals surface area contributed by atoms with E-state index in [0.717, 1.165) is 11.1 Å². The van der Waals surface area contributed by atoms with Gasteiger partial charge in [-0.15, -0.1) is 0 Å². The third-order valence-electron chi connectivity index (χ3n) is 5.55. The van der Waals surface area contributed by atoms with Crippen molar-refractivity contribution in [3.8, 4) is 28.7 Å². The Morgan fingerprint density at radius 1 is 1.03 bits per heavy atom. The van der Waals surface area contributed by atoms with Gasteiger partial charge in [-0.25, -0.2) is 4.79 Å². The van der Waals surface area contributed by atoms with Crippen molar-refractivity contribution in [1.82, 2.24) is 0 Å². The molecule has 0 bridgehead atoms. The standard InChI is InChI=1S/C24H25BrO5/c1-8-11(3)15-10-16(28-7)13(5)21-18(15)24(27)30-22-14(6)20(26)19(25)17(12(4)9-2)23(22)29-21/h8-10,26H,1-7H3. The highest BCUT2D eigenvalue weighted by molar-refractivity contribution is 9.10. The second kappa shape index (κ2) is 8.19. The van der Waals surface area contributed by atoms with Crippen LogP contribution in [0.1, 0.15) is 60.3 Å². The van der Waals surface area contributed by atoms with E-state index in [2.05, 4.69) is 15.9 Å². The first-order chi connectivity index (χ1) is 14.2. The quantitative estimate of drug-likeness (QED) is 0.386. The van der Waals surface area contributed by atoms with E-state index in [4.69, 9.17) is 14.2 Å². The lowest BCUT2D eigenvalue weighted by molar-refractivity contribution is 0.0735. The number of phenols is 1. The number of ether oxygens (including phenoxy) is 3. The lowest BCUT2D eigenvalue weighted by Gasteiger charge is -2.20. The maximum atomic E-state index is 13.3. The van der Waals surface area contributed by atoms with E-state index < -0.39 is 5.97 Å². The molecule has 0 saturated heterocycles. The van der Waals surface area contributed by atoms with E-state index >= 15 is 0 Å². The van der Waals surface area contributed by atoms with Crippen LogP contribution < -0.4 is 14.2 Å². The minimum absolute atomic E-state index is 0.00599. The Balaban J connectivity index is 2.47. The van der Waals surface area contributed by atoms with Gasteiger partial charge in [-0.05, 0) is 80.2 Å². The molecule has 6 heteroatoms. The van der Waals surface area contributed by atoms with Crippen molar-refractivity contribution in [3.63, 3.8) is 0 Å². The minimum atomic E-state index is -0.542. The summed E-state index contributed by atoms with van der Waals surface area (Å²) in [5, 5.41) is 10.7. The number of phenolic OH excluding ortho intramolecular Hbond substituents is 1. The van der Waals surface area contributed by atoms with Gasteiger partial charge in [0.1, 0.15) is 22.8 Å². The second-order valence-corrected chi connectivity index (χ2v) is 8.00. The smallest absolute Gasteiger partial charge is 0.348 e. The van der Waals surface area contributed by atoms with E-state index in [9.17, 15) is 9.90 Å². The van der Waals surface area contributed by atoms with Gasteiger partial charge in [0.2, 0.25) is 0 Å². The van der Waals surface area contributed by atoms with E-state index in [1.807, 2.05) is 52.8 Å². The van der Waals surface area contributed by atoms with Crippen LogP contribution in [0.4, 0.5) is 0 Å². The number of esters is 1. The van der Waals surface area contributed by atoms with Gasteiger partial charge in [-0.1, -0.05) is 12.2 Å². The summed E-state index contributed by atoms with van der Waals surface area (Å²) in [6.07, 6.45) is 3.82. The number of halogens is 1. The molecule has 0 saturated carbocycles. The summed E-state index contributed by atoms with van der Waals surface area (Å²) in [6, 6.07) is 1.82. The molecule has 0 aromatic heterocycles. The number of hydrogen-bond donors (Lipinski definition) is 1. The number of rotatable bonds is 3. The number of fused-ring (bicyclic) bond motifs is 2. The van der Waals surface area contributed by atoms with E-state index in [1.165, 1.54) is 0 Å². The molecular formula is C24H25BrO5. The number of methoxy groups -OCH3 is 1. The molecular weight excluding hydrogens is 448 g/mol. The maximum absolute atomic E-state index is 13.3. The van der Waals surface area contributed by atoms with Crippen molar-refractivity contribution < 1.29 is 24.1 Å². The SMILES string of the molecule is CC=C(C)c1cc(OC)c(C)c2c1C(=O)Oc1c(C)c(O)c(Br)c(C(C)=CC)c1O2. The summed E-state index contributed by atoms with van der Waals surface area (Å²) in [7, 11) is 1.58. The van der Waals surface area contributed by atoms with Gasteiger partial charge in [-0.3, -0.25) is 0 Å². The first kappa shape index (κ1) is 22.0. The van der Waals surface area contributed by atoms with Crippen LogP contribution >= 0.6 is 15.9 Å². The zero-order chi connectivity index (χ0) is 22.3. The molecule has 1 aliphatic heterocycles. The predicted molar refractivity (Wildman–Crippen MR) is 122 cm³/mol. The van der Waals surface area contributed by atoms with Crippen molar-refractivity contribution in [3.05, 3.63) is 50.5 Å². The Hall–Kier alpha value is -2.73. The van der Waals surface area contributed by atoms with Gasteiger partial charge in [0.15, 0.2) is 11.5 Å². The highest BCUT2D eigenvalue weighted by atomic mass is 79.9. The molecule has 3 rings (SSSR count). The molecule has 2 aromatic carbocycles. The Morgan fingerprint density at radius 2 is 1.67 bits per heavy atom. The van der Waals surface area contributed by atoms with Gasteiger partial charge in [-0.2, -0.15) is 0 Å². The highest BCUT2D eigenvalue weighted by Crippen LogP contribution is 2.53. The van der Waals surface area contributed by atoms with Crippen LogP contribution in [-0.2, 0) is 0 Å². The molecule has 0 spiro atoms. The van der Waals surface area contributed by atoms with Crippen molar-refractivity contribution in [2.75, 3.05) is 7.11 Å². The van der Waals surface area contributed by atoms with E-state index in [1.54, 1.807) is 14.0 Å². The highest BCUT2D eigenvalue weighted by Gasteiger charge is 2.34. The number of carbonyl (C=O) groups excluding carboxylic acids is 1. The summed E-state index contributed by atoms with van der Waals surface area (Å²) in [5.41, 5.74) is 4.50. The van der Waals surface area contributed by atoms with Crippen LogP contribution in [0.3, 0.4) is 0 Å². The molecule has 0 atom stereocenters. The second-order valence-electron chi connectivity index (χ2n) is 7.21. The first-order valence-electron chi connectivity index (χ1n) is 9.60. The molecule has 0 unspecified atom stereocenters. The number of hydrogen-bond acceptors (Lipinski definition) is 5. The Labute approximate surface area is 185 Å². The number of allylic oxidation sites excluding steroid dienone is 4. The average molecular weight is 473 g/mol. The average Bonchev–Trinajstić information content (AvgIpc) is 2.89. The third-order valence-corrected chi connectivity index (χ3v) is 6.32. The molecule has 1 heterocycles. The fraction of sp³-hybridized carbons (Fsp3) is 0.292. The fourth-order valence-electron chi connectivity index (χ4n) is 3.48. The summed E-state index contributed by atoms with van der Waals surface area (Å²) in [4.78, 5) is 13.3. The molecule has 158 valence electrons. The van der Waals surface area contributed by atoms with Gasteiger partial charge >= 0.3 is 5.97 Å². The van der Waals surface area contributed by atoms with Gasteiger partial charge in [0.05, 0.1) is 11.6 Å². The molecule has 5 nitrogen and oxygen atoms in total. The summed E-state index contributed by atoms with van der Waals surface area (Å²) in [5.74, 6) is 1.04. The summed E-state index contributed by atoms with van der Waals surface area (Å²) in [6.45, 7) is 11.1. The lowest BCUT2D eigenvalue weighted by Crippen LogP contribution is -2.12. The maximum Gasteiger partial charge on any atom is 0.348 e. The Bertz CT molecular complexity index is 1130. The summed E-state index contributed by atoms with van der Waals surface area (Å²) < 4.78 is 18.3. The van der Waals surface area contributed by atoms with Crippen molar-refractivity contribution in [2.45, 2.75) is 41.5 Å². The van der Waals surface area contributed by atoms with Gasteiger partial charge < -0.3 is 19.3 Å². The molecule has 0 radical (unpaired) electrons. The molecule has 0 aliphatic carbocycles. The number of carbonyl (C=O) groups is 1. The monoisotopic (exact) mass is 472 g/mol. The predicted octanol–water partition coefficient (Wildman–Crippen LogP) is 6.95. The van der Waals surface area contributed by atoms with Gasteiger partial charge in [0.25, 0.3) is 0 Å².